The van der Waals surface area contributed by atoms with E-state index >= 15 is 0 Å². The summed E-state index contributed by atoms with van der Waals surface area (Å²) < 4.78 is 4.99. The molecule has 86 valence electrons. The molecule has 1 aliphatic heterocycles. The number of ether oxygens (including phenoxy) is 1. The number of cyclic esters (lactones) is 1. The molecule has 4 heteroatoms. The summed E-state index contributed by atoms with van der Waals surface area (Å²) in [5.74, 6) is 0.861. The number of hydrogen-bond donors (Lipinski definition) is 1. The molecule has 0 aromatic rings. The van der Waals surface area contributed by atoms with Gasteiger partial charge in [0.15, 0.2) is 0 Å². The SMILES string of the molecule is O=C1OCCCN1CC1CCCC1CO. The minimum Gasteiger partial charge on any atom is -0.449 e. The van der Waals surface area contributed by atoms with Crippen LogP contribution >= 0.6 is 0 Å². The van der Waals surface area contributed by atoms with Gasteiger partial charge in [-0.3, -0.25) is 0 Å². The van der Waals surface area contributed by atoms with Gasteiger partial charge in [-0.1, -0.05) is 6.42 Å². The van der Waals surface area contributed by atoms with Crippen LogP contribution < -0.4 is 0 Å². The Bertz CT molecular complexity index is 232. The molecule has 2 atom stereocenters. The zero-order valence-electron chi connectivity index (χ0n) is 9.02. The third kappa shape index (κ3) is 2.43. The number of hydrogen-bond acceptors (Lipinski definition) is 3. The van der Waals surface area contributed by atoms with Gasteiger partial charge in [-0.25, -0.2) is 4.79 Å². The maximum atomic E-state index is 11.4. The van der Waals surface area contributed by atoms with Crippen molar-refractivity contribution < 1.29 is 14.6 Å². The van der Waals surface area contributed by atoms with Gasteiger partial charge >= 0.3 is 6.09 Å². The Morgan fingerprint density at radius 1 is 1.33 bits per heavy atom. The van der Waals surface area contributed by atoms with Gasteiger partial charge in [0.05, 0.1) is 6.61 Å². The molecule has 1 N–H and O–H groups in total. The van der Waals surface area contributed by atoms with Crippen molar-refractivity contribution in [2.45, 2.75) is 25.7 Å². The largest absolute Gasteiger partial charge is 0.449 e. The average Bonchev–Trinajstić information content (AvgIpc) is 2.69. The Morgan fingerprint density at radius 2 is 2.13 bits per heavy atom. The molecule has 0 aromatic carbocycles. The second kappa shape index (κ2) is 4.84. The van der Waals surface area contributed by atoms with Crippen LogP contribution in [0.25, 0.3) is 0 Å². The van der Waals surface area contributed by atoms with E-state index in [2.05, 4.69) is 0 Å². The maximum absolute atomic E-state index is 11.4. The first-order valence-corrected chi connectivity index (χ1v) is 5.84. The molecule has 2 rings (SSSR count). The zero-order valence-corrected chi connectivity index (χ0v) is 9.02. The van der Waals surface area contributed by atoms with E-state index < -0.39 is 0 Å². The van der Waals surface area contributed by atoms with Crippen LogP contribution in [0.3, 0.4) is 0 Å². The summed E-state index contributed by atoms with van der Waals surface area (Å²) in [4.78, 5) is 13.2. The van der Waals surface area contributed by atoms with E-state index in [1.54, 1.807) is 4.90 Å². The second-order valence-electron chi connectivity index (χ2n) is 4.55. The molecule has 0 aromatic heterocycles. The van der Waals surface area contributed by atoms with Crippen molar-refractivity contribution in [3.63, 3.8) is 0 Å². The van der Waals surface area contributed by atoms with E-state index in [-0.39, 0.29) is 12.7 Å². The molecule has 1 amide bonds. The first-order chi connectivity index (χ1) is 7.31. The standard InChI is InChI=1S/C11H19NO3/c13-8-10-4-1-3-9(10)7-12-5-2-6-15-11(12)14/h9-10,13H,1-8H2. The highest BCUT2D eigenvalue weighted by Crippen LogP contribution is 2.32. The quantitative estimate of drug-likeness (QED) is 0.767. The molecule has 1 saturated heterocycles. The fourth-order valence-corrected chi connectivity index (χ4v) is 2.64. The van der Waals surface area contributed by atoms with Crippen LogP contribution in [-0.4, -0.2) is 42.4 Å². The van der Waals surface area contributed by atoms with Crippen molar-refractivity contribution in [3.8, 4) is 0 Å². The molecule has 2 unspecified atom stereocenters. The highest BCUT2D eigenvalue weighted by molar-refractivity contribution is 5.68. The van der Waals surface area contributed by atoms with Crippen LogP contribution in [0.2, 0.25) is 0 Å². The molecule has 4 nitrogen and oxygen atoms in total. The van der Waals surface area contributed by atoms with Gasteiger partial charge < -0.3 is 14.7 Å². The van der Waals surface area contributed by atoms with E-state index in [1.165, 1.54) is 6.42 Å². The molecule has 0 bridgehead atoms. The maximum Gasteiger partial charge on any atom is 0.409 e. The Balaban J connectivity index is 1.86. The minimum absolute atomic E-state index is 0.176. The lowest BCUT2D eigenvalue weighted by Gasteiger charge is -2.30. The van der Waals surface area contributed by atoms with E-state index in [0.29, 0.717) is 18.4 Å². The fourth-order valence-electron chi connectivity index (χ4n) is 2.64. The van der Waals surface area contributed by atoms with Crippen LogP contribution in [0.4, 0.5) is 4.79 Å². The summed E-state index contributed by atoms with van der Waals surface area (Å²) >= 11 is 0. The molecular formula is C11H19NO3. The van der Waals surface area contributed by atoms with Gasteiger partial charge in [0, 0.05) is 19.7 Å². The third-order valence-electron chi connectivity index (χ3n) is 3.56. The topological polar surface area (TPSA) is 49.8 Å². The van der Waals surface area contributed by atoms with Crippen LogP contribution in [-0.2, 0) is 4.74 Å². The highest BCUT2D eigenvalue weighted by Gasteiger charge is 2.31. The van der Waals surface area contributed by atoms with Crippen LogP contribution in [0.1, 0.15) is 25.7 Å². The summed E-state index contributed by atoms with van der Waals surface area (Å²) in [5, 5.41) is 9.20. The predicted molar refractivity (Wildman–Crippen MR) is 55.5 cm³/mol. The number of nitrogens with zero attached hydrogens (tertiary/aromatic N) is 1. The van der Waals surface area contributed by atoms with Gasteiger partial charge in [-0.2, -0.15) is 0 Å². The first kappa shape index (κ1) is 10.7. The molecule has 15 heavy (non-hydrogen) atoms. The number of aliphatic hydroxyl groups excluding tert-OH is 1. The summed E-state index contributed by atoms with van der Waals surface area (Å²) in [6.07, 6.45) is 4.17. The van der Waals surface area contributed by atoms with Gasteiger partial charge in [-0.05, 0) is 31.1 Å². The lowest BCUT2D eigenvalue weighted by atomic mass is 9.96. The molecule has 0 spiro atoms. The van der Waals surface area contributed by atoms with E-state index in [0.717, 1.165) is 32.4 Å². The Hall–Kier alpha value is -0.770. The van der Waals surface area contributed by atoms with Gasteiger partial charge in [-0.15, -0.1) is 0 Å². The smallest absolute Gasteiger partial charge is 0.409 e. The summed E-state index contributed by atoms with van der Waals surface area (Å²) in [7, 11) is 0. The molecule has 1 saturated carbocycles. The first-order valence-electron chi connectivity index (χ1n) is 5.84. The lowest BCUT2D eigenvalue weighted by Crippen LogP contribution is -2.41. The number of rotatable bonds is 3. The normalized spacial score (nSPS) is 31.8. The molecule has 1 heterocycles. The van der Waals surface area contributed by atoms with Crippen molar-refractivity contribution in [2.75, 3.05) is 26.3 Å². The van der Waals surface area contributed by atoms with Crippen LogP contribution in [0.15, 0.2) is 0 Å². The average molecular weight is 213 g/mol. The van der Waals surface area contributed by atoms with E-state index in [4.69, 9.17) is 4.74 Å². The number of amides is 1. The molecule has 2 fully saturated rings. The van der Waals surface area contributed by atoms with Crippen LogP contribution in [0, 0.1) is 11.8 Å². The van der Waals surface area contributed by atoms with Crippen molar-refractivity contribution >= 4 is 6.09 Å². The number of aliphatic hydroxyl groups is 1. The summed E-state index contributed by atoms with van der Waals surface area (Å²) in [6.45, 7) is 2.40. The number of carbonyl (C=O) groups excluding carboxylic acids is 1. The molecular weight excluding hydrogens is 194 g/mol. The molecule has 0 radical (unpaired) electrons. The Kier molecular flexibility index (Phi) is 3.46. The minimum atomic E-state index is -0.176. The van der Waals surface area contributed by atoms with E-state index in [9.17, 15) is 9.90 Å². The third-order valence-corrected chi connectivity index (χ3v) is 3.56. The van der Waals surface area contributed by atoms with Crippen molar-refractivity contribution in [3.05, 3.63) is 0 Å². The fraction of sp³-hybridized carbons (Fsp3) is 0.909. The molecule has 2 aliphatic rings. The van der Waals surface area contributed by atoms with Crippen molar-refractivity contribution in [2.24, 2.45) is 11.8 Å². The van der Waals surface area contributed by atoms with Crippen LogP contribution in [0.5, 0.6) is 0 Å². The highest BCUT2D eigenvalue weighted by atomic mass is 16.6. The monoisotopic (exact) mass is 213 g/mol. The second-order valence-corrected chi connectivity index (χ2v) is 4.55. The zero-order chi connectivity index (χ0) is 10.7. The van der Waals surface area contributed by atoms with Gasteiger partial charge in [0.2, 0.25) is 0 Å². The summed E-state index contributed by atoms with van der Waals surface area (Å²) in [5.41, 5.74) is 0. The van der Waals surface area contributed by atoms with Gasteiger partial charge in [0.1, 0.15) is 0 Å². The molecule has 1 aliphatic carbocycles. The predicted octanol–water partition coefficient (Wildman–Crippen LogP) is 1.24. The van der Waals surface area contributed by atoms with Gasteiger partial charge in [0.25, 0.3) is 0 Å². The van der Waals surface area contributed by atoms with Crippen molar-refractivity contribution in [1.82, 2.24) is 4.90 Å². The Labute approximate surface area is 90.2 Å². The number of carbonyl (C=O) groups is 1. The Morgan fingerprint density at radius 3 is 2.87 bits per heavy atom. The summed E-state index contributed by atoms with van der Waals surface area (Å²) in [6, 6.07) is 0. The lowest BCUT2D eigenvalue weighted by molar-refractivity contribution is 0.0600. The van der Waals surface area contributed by atoms with E-state index in [1.807, 2.05) is 0 Å². The van der Waals surface area contributed by atoms with Crippen molar-refractivity contribution in [1.29, 1.82) is 0 Å².